The number of carbonyl (C=O) groups is 3. The van der Waals surface area contributed by atoms with Crippen LogP contribution in [0.15, 0.2) is 41.1 Å². The van der Waals surface area contributed by atoms with Gasteiger partial charge in [0.05, 0.1) is 21.1 Å². The van der Waals surface area contributed by atoms with Crippen molar-refractivity contribution in [3.05, 3.63) is 62.3 Å². The van der Waals surface area contributed by atoms with Gasteiger partial charge in [0.15, 0.2) is 5.13 Å². The van der Waals surface area contributed by atoms with Gasteiger partial charge in [-0.1, -0.05) is 12.1 Å². The van der Waals surface area contributed by atoms with E-state index in [1.165, 1.54) is 34.8 Å². The predicted octanol–water partition coefficient (Wildman–Crippen LogP) is 3.01. The summed E-state index contributed by atoms with van der Waals surface area (Å²) in [5.41, 5.74) is -0.119. The molecule has 1 aromatic carbocycles. The lowest BCUT2D eigenvalue weighted by atomic mass is 10.1. The van der Waals surface area contributed by atoms with E-state index in [0.717, 1.165) is 10.9 Å². The number of aromatic nitrogens is 1. The summed E-state index contributed by atoms with van der Waals surface area (Å²) in [6, 6.07) is 7.59. The van der Waals surface area contributed by atoms with E-state index in [4.69, 9.17) is 0 Å². The molecule has 0 fully saturated rings. The highest BCUT2D eigenvalue weighted by molar-refractivity contribution is 7.16. The molecule has 0 bridgehead atoms. The van der Waals surface area contributed by atoms with Crippen molar-refractivity contribution in [3.8, 4) is 10.6 Å². The van der Waals surface area contributed by atoms with Gasteiger partial charge in [-0.05, 0) is 17.5 Å². The topological polar surface area (TPSA) is 123 Å². The highest BCUT2D eigenvalue weighted by Gasteiger charge is 2.41. The zero-order valence-corrected chi connectivity index (χ0v) is 15.6. The number of fused-ring (bicyclic) bond motifs is 1. The quantitative estimate of drug-likeness (QED) is 0.389. The molecule has 0 unspecified atom stereocenters. The first kappa shape index (κ1) is 17.9. The molecule has 28 heavy (non-hydrogen) atoms. The van der Waals surface area contributed by atoms with Gasteiger partial charge in [0.1, 0.15) is 12.1 Å². The number of benzene rings is 1. The standard InChI is InChI=1S/C17H10N4O5S2/c22-13(19-17-18-10(8-28-17)12-5-2-6-27-12)7-20-15(23)9-3-1-4-11(21(25)26)14(9)16(20)24/h1-6,8H,7H2,(H,18,19,22). The molecule has 0 atom stereocenters. The van der Waals surface area contributed by atoms with Gasteiger partial charge in [0.25, 0.3) is 17.5 Å². The number of carbonyl (C=O) groups excluding carboxylic acids is 3. The van der Waals surface area contributed by atoms with Crippen LogP contribution in [-0.2, 0) is 4.79 Å². The summed E-state index contributed by atoms with van der Waals surface area (Å²) in [7, 11) is 0. The number of imide groups is 1. The lowest BCUT2D eigenvalue weighted by Gasteiger charge is -2.12. The zero-order chi connectivity index (χ0) is 19.8. The number of nitrogens with zero attached hydrogens (tertiary/aromatic N) is 3. The predicted molar refractivity (Wildman–Crippen MR) is 103 cm³/mol. The van der Waals surface area contributed by atoms with Crippen molar-refractivity contribution in [1.82, 2.24) is 9.88 Å². The second kappa shape index (κ2) is 6.94. The Hall–Kier alpha value is -3.44. The first-order valence-corrected chi connectivity index (χ1v) is 9.64. The number of hydrogen-bond acceptors (Lipinski definition) is 8. The van der Waals surface area contributed by atoms with Crippen LogP contribution in [0.25, 0.3) is 10.6 Å². The minimum atomic E-state index is -0.860. The van der Waals surface area contributed by atoms with Crippen LogP contribution in [0.4, 0.5) is 10.8 Å². The number of nitrogens with one attached hydrogen (secondary N) is 1. The fourth-order valence-electron chi connectivity index (χ4n) is 2.78. The fraction of sp³-hybridized carbons (Fsp3) is 0.0588. The second-order valence-electron chi connectivity index (χ2n) is 5.72. The van der Waals surface area contributed by atoms with Crippen molar-refractivity contribution < 1.29 is 19.3 Å². The molecule has 4 rings (SSSR count). The maximum atomic E-state index is 12.5. The maximum Gasteiger partial charge on any atom is 0.282 e. The first-order valence-electron chi connectivity index (χ1n) is 7.88. The molecule has 1 aliphatic heterocycles. The number of nitro groups is 1. The van der Waals surface area contributed by atoms with Gasteiger partial charge in [-0.15, -0.1) is 22.7 Å². The van der Waals surface area contributed by atoms with E-state index >= 15 is 0 Å². The van der Waals surface area contributed by atoms with Crippen molar-refractivity contribution in [1.29, 1.82) is 0 Å². The Morgan fingerprint density at radius 1 is 1.18 bits per heavy atom. The fourth-order valence-corrected chi connectivity index (χ4v) is 4.27. The average molecular weight is 414 g/mol. The summed E-state index contributed by atoms with van der Waals surface area (Å²) in [6.45, 7) is -0.558. The van der Waals surface area contributed by atoms with Crippen LogP contribution >= 0.6 is 22.7 Å². The van der Waals surface area contributed by atoms with E-state index in [2.05, 4.69) is 10.3 Å². The van der Waals surface area contributed by atoms with Crippen LogP contribution < -0.4 is 5.32 Å². The third-order valence-electron chi connectivity index (χ3n) is 4.00. The smallest absolute Gasteiger partial charge is 0.282 e. The molecule has 0 spiro atoms. The molecule has 3 amide bonds. The molecule has 140 valence electrons. The molecule has 11 heteroatoms. The normalized spacial score (nSPS) is 12.9. The lowest BCUT2D eigenvalue weighted by Crippen LogP contribution is -2.37. The van der Waals surface area contributed by atoms with Crippen molar-refractivity contribution in [3.63, 3.8) is 0 Å². The van der Waals surface area contributed by atoms with Gasteiger partial charge in [0, 0.05) is 11.4 Å². The Labute approximate surface area is 165 Å². The number of thiazole rings is 1. The van der Waals surface area contributed by atoms with Gasteiger partial charge in [0.2, 0.25) is 5.91 Å². The maximum absolute atomic E-state index is 12.5. The van der Waals surface area contributed by atoms with Crippen LogP contribution in [0.1, 0.15) is 20.7 Å². The summed E-state index contributed by atoms with van der Waals surface area (Å²) in [4.78, 5) is 53.6. The minimum Gasteiger partial charge on any atom is -0.300 e. The van der Waals surface area contributed by atoms with Gasteiger partial charge in [-0.3, -0.25) is 29.4 Å². The van der Waals surface area contributed by atoms with Crippen LogP contribution in [0.5, 0.6) is 0 Å². The summed E-state index contributed by atoms with van der Waals surface area (Å²) in [5, 5.41) is 17.7. The summed E-state index contributed by atoms with van der Waals surface area (Å²) in [6.07, 6.45) is 0. The molecule has 0 radical (unpaired) electrons. The number of hydrogen-bond donors (Lipinski definition) is 1. The van der Waals surface area contributed by atoms with Crippen molar-refractivity contribution in [2.75, 3.05) is 11.9 Å². The lowest BCUT2D eigenvalue weighted by molar-refractivity contribution is -0.385. The molecule has 2 aromatic heterocycles. The number of anilines is 1. The van der Waals surface area contributed by atoms with E-state index in [9.17, 15) is 24.5 Å². The monoisotopic (exact) mass is 414 g/mol. The Balaban J connectivity index is 1.50. The van der Waals surface area contributed by atoms with Crippen LogP contribution in [0.3, 0.4) is 0 Å². The average Bonchev–Trinajstić information content (AvgIpc) is 3.39. The molecule has 9 nitrogen and oxygen atoms in total. The van der Waals surface area contributed by atoms with Gasteiger partial charge < -0.3 is 5.32 Å². The number of nitro benzene ring substituents is 1. The highest BCUT2D eigenvalue weighted by atomic mass is 32.1. The number of thiophene rings is 1. The van der Waals surface area contributed by atoms with Crippen LogP contribution in [-0.4, -0.2) is 39.1 Å². The third-order valence-corrected chi connectivity index (χ3v) is 5.65. The zero-order valence-electron chi connectivity index (χ0n) is 13.9. The molecular weight excluding hydrogens is 404 g/mol. The second-order valence-corrected chi connectivity index (χ2v) is 7.52. The van der Waals surface area contributed by atoms with Crippen LogP contribution in [0, 0.1) is 10.1 Å². The summed E-state index contributed by atoms with van der Waals surface area (Å²) in [5.74, 6) is -2.22. The number of rotatable bonds is 5. The van der Waals surface area contributed by atoms with E-state index in [1.807, 2.05) is 17.5 Å². The molecular formula is C17H10N4O5S2. The largest absolute Gasteiger partial charge is 0.300 e. The van der Waals surface area contributed by atoms with Gasteiger partial charge >= 0.3 is 0 Å². The minimum absolute atomic E-state index is 0.0822. The first-order chi connectivity index (χ1) is 13.5. The van der Waals surface area contributed by atoms with Crippen molar-refractivity contribution in [2.24, 2.45) is 0 Å². The van der Waals surface area contributed by atoms with Crippen molar-refractivity contribution >= 4 is 51.2 Å². The molecule has 3 aromatic rings. The Bertz CT molecular complexity index is 1120. The molecule has 1 N–H and O–H groups in total. The van der Waals surface area contributed by atoms with E-state index in [1.54, 1.807) is 5.38 Å². The van der Waals surface area contributed by atoms with Crippen LogP contribution in [0.2, 0.25) is 0 Å². The molecule has 3 heterocycles. The molecule has 0 saturated heterocycles. The Kier molecular flexibility index (Phi) is 4.45. The third kappa shape index (κ3) is 3.06. The Morgan fingerprint density at radius 3 is 2.71 bits per heavy atom. The molecule has 0 aliphatic carbocycles. The number of amides is 3. The van der Waals surface area contributed by atoms with E-state index in [0.29, 0.717) is 15.7 Å². The van der Waals surface area contributed by atoms with Gasteiger partial charge in [-0.2, -0.15) is 0 Å². The Morgan fingerprint density at radius 2 is 2.00 bits per heavy atom. The SMILES string of the molecule is O=C(CN1C(=O)c2cccc([N+](=O)[O-])c2C1=O)Nc1nc(-c2cccs2)cs1. The molecule has 1 aliphatic rings. The highest BCUT2D eigenvalue weighted by Crippen LogP contribution is 2.31. The van der Waals surface area contributed by atoms with E-state index < -0.39 is 34.9 Å². The van der Waals surface area contributed by atoms with Crippen molar-refractivity contribution in [2.45, 2.75) is 0 Å². The molecule has 0 saturated carbocycles. The van der Waals surface area contributed by atoms with Gasteiger partial charge in [-0.25, -0.2) is 4.98 Å². The van der Waals surface area contributed by atoms with E-state index in [-0.39, 0.29) is 11.1 Å². The summed E-state index contributed by atoms with van der Waals surface area (Å²) >= 11 is 2.73. The summed E-state index contributed by atoms with van der Waals surface area (Å²) < 4.78 is 0.